The van der Waals surface area contributed by atoms with E-state index in [2.05, 4.69) is 29.7 Å². The summed E-state index contributed by atoms with van der Waals surface area (Å²) in [5.74, 6) is -0.536. The molecule has 3 aromatic heterocycles. The van der Waals surface area contributed by atoms with Crippen LogP contribution < -0.4 is 5.32 Å². The van der Waals surface area contributed by atoms with Crippen LogP contribution in [-0.2, 0) is 17.6 Å². The number of amides is 1. The summed E-state index contributed by atoms with van der Waals surface area (Å²) in [5, 5.41) is 13.1. The van der Waals surface area contributed by atoms with Crippen molar-refractivity contribution in [3.63, 3.8) is 0 Å². The van der Waals surface area contributed by atoms with Gasteiger partial charge in [-0.2, -0.15) is 18.4 Å². The lowest BCUT2D eigenvalue weighted by Gasteiger charge is -2.17. The van der Waals surface area contributed by atoms with Gasteiger partial charge in [0.25, 0.3) is 0 Å². The number of unbranched alkanes of at least 4 members (excludes halogenated alkanes) is 6. The second-order valence-electron chi connectivity index (χ2n) is 11.6. The summed E-state index contributed by atoms with van der Waals surface area (Å²) in [6.07, 6.45) is 12.7. The summed E-state index contributed by atoms with van der Waals surface area (Å²) in [5.41, 5.74) is 5.55. The number of nitrogens with zero attached hydrogens (tertiary/aromatic N) is 4. The van der Waals surface area contributed by atoms with Crippen LogP contribution >= 0.6 is 0 Å². The Kier molecular flexibility index (Phi) is 11.0. The van der Waals surface area contributed by atoms with Crippen LogP contribution in [0.25, 0.3) is 22.4 Å². The number of carbonyl (C=O) groups is 1. The Morgan fingerprint density at radius 1 is 1.05 bits per heavy atom. The molecule has 1 aliphatic rings. The molecule has 1 amide bonds. The highest BCUT2D eigenvalue weighted by molar-refractivity contribution is 5.92. The van der Waals surface area contributed by atoms with E-state index in [9.17, 15) is 23.2 Å². The van der Waals surface area contributed by atoms with Gasteiger partial charge in [-0.1, -0.05) is 57.9 Å². The number of hydrogen-bond acceptors (Lipinski definition) is 4. The van der Waals surface area contributed by atoms with E-state index in [1.807, 2.05) is 23.8 Å². The molecular weight excluding hydrogens is 539 g/mol. The van der Waals surface area contributed by atoms with Gasteiger partial charge in [-0.15, -0.1) is 0 Å². The number of aryl methyl sites for hydroxylation is 2. The third-order valence-corrected chi connectivity index (χ3v) is 8.41. The molecule has 6 nitrogen and oxygen atoms in total. The number of hydrogen-bond donors (Lipinski definition) is 1. The van der Waals surface area contributed by atoms with Crippen LogP contribution in [0.3, 0.4) is 0 Å². The summed E-state index contributed by atoms with van der Waals surface area (Å²) in [6.45, 7) is 3.06. The van der Waals surface area contributed by atoms with Crippen LogP contribution in [0.1, 0.15) is 114 Å². The number of fused-ring (bicyclic) bond motifs is 1. The second-order valence-corrected chi connectivity index (χ2v) is 11.6. The van der Waals surface area contributed by atoms with Gasteiger partial charge >= 0.3 is 6.18 Å². The average Bonchev–Trinajstić information content (AvgIpc) is 3.61. The lowest BCUT2D eigenvalue weighted by atomic mass is 10.0. The SMILES string of the molecule is CCc1cnc2c(c1)c(C#N)c(-c1ccc(CCCCCCCCCC(=O)N[C@@H](C)C(F)(F)F)cn1)n2C1CCCC1. The Balaban J connectivity index is 1.26. The Hall–Kier alpha value is -3.41. The first kappa shape index (κ1) is 31.5. The number of nitrogens with one attached hydrogen (secondary N) is 1. The zero-order valence-corrected chi connectivity index (χ0v) is 24.8. The molecule has 226 valence electrons. The van der Waals surface area contributed by atoms with Crippen molar-refractivity contribution in [2.45, 2.75) is 122 Å². The van der Waals surface area contributed by atoms with Gasteiger partial charge in [0.2, 0.25) is 5.91 Å². The van der Waals surface area contributed by atoms with Gasteiger partial charge in [0.05, 0.1) is 17.0 Å². The maximum absolute atomic E-state index is 12.5. The van der Waals surface area contributed by atoms with Gasteiger partial charge in [0.15, 0.2) is 0 Å². The molecule has 3 aromatic rings. The Labute approximate surface area is 246 Å². The van der Waals surface area contributed by atoms with Crippen LogP contribution in [0.15, 0.2) is 30.6 Å². The van der Waals surface area contributed by atoms with Crippen molar-refractivity contribution in [3.8, 4) is 17.5 Å². The van der Waals surface area contributed by atoms with Crippen molar-refractivity contribution >= 4 is 16.9 Å². The Bertz CT molecular complexity index is 1370. The molecule has 0 unspecified atom stereocenters. The first-order valence-corrected chi connectivity index (χ1v) is 15.5. The molecule has 0 aliphatic heterocycles. The van der Waals surface area contributed by atoms with E-state index in [-0.39, 0.29) is 6.42 Å². The zero-order chi connectivity index (χ0) is 30.1. The highest BCUT2D eigenvalue weighted by Crippen LogP contribution is 2.40. The fourth-order valence-corrected chi connectivity index (χ4v) is 5.91. The monoisotopic (exact) mass is 581 g/mol. The van der Waals surface area contributed by atoms with Crippen LogP contribution in [0.4, 0.5) is 13.2 Å². The number of pyridine rings is 2. The van der Waals surface area contributed by atoms with Crippen molar-refractivity contribution < 1.29 is 18.0 Å². The molecule has 0 saturated heterocycles. The summed E-state index contributed by atoms with van der Waals surface area (Å²) >= 11 is 0. The summed E-state index contributed by atoms with van der Waals surface area (Å²) < 4.78 is 39.8. The summed E-state index contributed by atoms with van der Waals surface area (Å²) in [6, 6.07) is 7.28. The van der Waals surface area contributed by atoms with Crippen molar-refractivity contribution in [1.82, 2.24) is 19.9 Å². The molecule has 1 saturated carbocycles. The molecule has 3 heterocycles. The van der Waals surface area contributed by atoms with Gasteiger partial charge in [-0.05, 0) is 68.7 Å². The zero-order valence-electron chi connectivity index (χ0n) is 24.8. The molecule has 1 aliphatic carbocycles. The third-order valence-electron chi connectivity index (χ3n) is 8.41. The molecule has 42 heavy (non-hydrogen) atoms. The normalized spacial score (nSPS) is 14.8. The molecule has 1 atom stereocenters. The Morgan fingerprint density at radius 2 is 1.71 bits per heavy atom. The van der Waals surface area contributed by atoms with E-state index in [0.29, 0.717) is 18.0 Å². The molecule has 9 heteroatoms. The second kappa shape index (κ2) is 14.7. The van der Waals surface area contributed by atoms with Gasteiger partial charge in [0.1, 0.15) is 17.8 Å². The van der Waals surface area contributed by atoms with E-state index < -0.39 is 18.1 Å². The molecule has 1 fully saturated rings. The van der Waals surface area contributed by atoms with Crippen LogP contribution in [0.5, 0.6) is 0 Å². The predicted octanol–water partition coefficient (Wildman–Crippen LogP) is 8.38. The maximum Gasteiger partial charge on any atom is 0.408 e. The first-order chi connectivity index (χ1) is 20.2. The summed E-state index contributed by atoms with van der Waals surface area (Å²) in [4.78, 5) is 21.3. The van der Waals surface area contributed by atoms with E-state index in [1.54, 1.807) is 0 Å². The molecule has 0 radical (unpaired) electrons. The van der Waals surface area contributed by atoms with Crippen LogP contribution in [-0.4, -0.2) is 32.7 Å². The quantitative estimate of drug-likeness (QED) is 0.194. The predicted molar refractivity (Wildman–Crippen MR) is 159 cm³/mol. The van der Waals surface area contributed by atoms with Crippen molar-refractivity contribution in [3.05, 3.63) is 47.3 Å². The first-order valence-electron chi connectivity index (χ1n) is 15.5. The highest BCUT2D eigenvalue weighted by atomic mass is 19.4. The minimum Gasteiger partial charge on any atom is -0.345 e. The van der Waals surface area contributed by atoms with Gasteiger partial charge in [-0.25, -0.2) is 4.98 Å². The minimum atomic E-state index is -4.40. The van der Waals surface area contributed by atoms with Crippen LogP contribution in [0.2, 0.25) is 0 Å². The number of halogens is 3. The van der Waals surface area contributed by atoms with Gasteiger partial charge < -0.3 is 9.88 Å². The molecular formula is C33H42F3N5O. The standard InChI is InChI=1S/C33H42F3N5O/c1-3-24-19-27-28(20-37)31(41(32(27)39-21-24)26-14-11-12-15-26)29-18-17-25(22-38-29)13-9-7-5-4-6-8-10-16-30(42)40-23(2)33(34,35)36/h17-19,21-23,26H,3-16H2,1-2H3,(H,40,42)/t23-/m0/s1. The summed E-state index contributed by atoms with van der Waals surface area (Å²) in [7, 11) is 0. The third kappa shape index (κ3) is 7.90. The molecule has 0 aromatic carbocycles. The molecule has 0 spiro atoms. The van der Waals surface area contributed by atoms with Crippen molar-refractivity contribution in [1.29, 1.82) is 5.26 Å². The number of aromatic nitrogens is 3. The van der Waals surface area contributed by atoms with E-state index in [0.717, 1.165) is 99.1 Å². The Morgan fingerprint density at radius 3 is 2.33 bits per heavy atom. The number of nitriles is 1. The van der Waals surface area contributed by atoms with Gasteiger partial charge in [-0.3, -0.25) is 9.78 Å². The van der Waals surface area contributed by atoms with Crippen molar-refractivity contribution in [2.24, 2.45) is 0 Å². The largest absolute Gasteiger partial charge is 0.408 e. The number of rotatable bonds is 14. The fourth-order valence-electron chi connectivity index (χ4n) is 5.91. The van der Waals surface area contributed by atoms with Crippen molar-refractivity contribution in [2.75, 3.05) is 0 Å². The van der Waals surface area contributed by atoms with Crippen LogP contribution in [0, 0.1) is 11.3 Å². The van der Waals surface area contributed by atoms with Gasteiger partial charge in [0, 0.05) is 30.2 Å². The van der Waals surface area contributed by atoms with E-state index in [1.165, 1.54) is 18.4 Å². The van der Waals surface area contributed by atoms with E-state index in [4.69, 9.17) is 9.97 Å². The topological polar surface area (TPSA) is 83.6 Å². The number of carbonyl (C=O) groups excluding carboxylic acids is 1. The molecule has 1 N–H and O–H groups in total. The molecule has 0 bridgehead atoms. The lowest BCUT2D eigenvalue weighted by Crippen LogP contribution is -2.42. The minimum absolute atomic E-state index is 0.136. The maximum atomic E-state index is 12.5. The lowest BCUT2D eigenvalue weighted by molar-refractivity contribution is -0.158. The fraction of sp³-hybridized carbons (Fsp3) is 0.576. The average molecular weight is 582 g/mol. The number of alkyl halides is 3. The highest BCUT2D eigenvalue weighted by Gasteiger charge is 2.36. The molecule has 4 rings (SSSR count). The smallest absolute Gasteiger partial charge is 0.345 e. The van der Waals surface area contributed by atoms with E-state index >= 15 is 0 Å².